The van der Waals surface area contributed by atoms with Gasteiger partial charge in [-0.2, -0.15) is 0 Å². The van der Waals surface area contributed by atoms with Gasteiger partial charge in [-0.25, -0.2) is 0 Å². The maximum atomic E-state index is 12.1. The molecule has 0 bridgehead atoms. The third-order valence-corrected chi connectivity index (χ3v) is 5.06. The summed E-state index contributed by atoms with van der Waals surface area (Å²) in [6.45, 7) is 7.10. The molecule has 3 rings (SSSR count). The van der Waals surface area contributed by atoms with E-state index in [0.29, 0.717) is 13.0 Å². The lowest BCUT2D eigenvalue weighted by Crippen LogP contribution is -2.44. The van der Waals surface area contributed by atoms with Crippen LogP contribution >= 0.6 is 0 Å². The number of hydrogen-bond donors (Lipinski definition) is 2. The van der Waals surface area contributed by atoms with E-state index in [4.69, 9.17) is 0 Å². The van der Waals surface area contributed by atoms with Crippen molar-refractivity contribution in [3.8, 4) is 0 Å². The first-order valence-corrected chi connectivity index (χ1v) is 9.80. The molecule has 2 N–H and O–H groups in total. The van der Waals surface area contributed by atoms with Crippen molar-refractivity contribution in [1.29, 1.82) is 0 Å². The highest BCUT2D eigenvalue weighted by atomic mass is 16.1. The second-order valence-electron chi connectivity index (χ2n) is 7.11. The van der Waals surface area contributed by atoms with Crippen LogP contribution in [0.5, 0.6) is 0 Å². The smallest absolute Gasteiger partial charge is 0.226 e. The highest BCUT2D eigenvalue weighted by Gasteiger charge is 2.13. The van der Waals surface area contributed by atoms with Crippen LogP contribution in [0, 0.1) is 0 Å². The molecular weight excluding hydrogens is 336 g/mol. The van der Waals surface area contributed by atoms with E-state index in [9.17, 15) is 4.79 Å². The molecule has 144 valence electrons. The van der Waals surface area contributed by atoms with Gasteiger partial charge in [-0.1, -0.05) is 19.1 Å². The quantitative estimate of drug-likeness (QED) is 0.788. The fourth-order valence-corrected chi connectivity index (χ4v) is 3.22. The average molecular weight is 367 g/mol. The van der Waals surface area contributed by atoms with Gasteiger partial charge in [0.25, 0.3) is 0 Å². The fraction of sp³-hybridized carbons (Fsp3) is 0.409. The third-order valence-electron chi connectivity index (χ3n) is 5.06. The Labute approximate surface area is 162 Å². The van der Waals surface area contributed by atoms with Gasteiger partial charge in [0.05, 0.1) is 0 Å². The molecule has 1 fully saturated rings. The zero-order valence-electron chi connectivity index (χ0n) is 16.4. The standard InChI is InChI=1S/C22H30N4O/c1-3-18-4-6-20(7-5-18)24-22(27)12-13-23-19-8-10-21(11-9-19)26-16-14-25(2)15-17-26/h4-11,23H,3,12-17H2,1-2H3,(H,24,27). The summed E-state index contributed by atoms with van der Waals surface area (Å²) in [5.41, 5.74) is 4.44. The summed E-state index contributed by atoms with van der Waals surface area (Å²) in [6, 6.07) is 16.5. The molecule has 27 heavy (non-hydrogen) atoms. The highest BCUT2D eigenvalue weighted by Crippen LogP contribution is 2.19. The normalized spacial score (nSPS) is 14.8. The first-order chi connectivity index (χ1) is 13.1. The van der Waals surface area contributed by atoms with E-state index >= 15 is 0 Å². The first kappa shape index (κ1) is 19.2. The lowest BCUT2D eigenvalue weighted by atomic mass is 10.1. The molecule has 5 heteroatoms. The van der Waals surface area contributed by atoms with Crippen molar-refractivity contribution < 1.29 is 4.79 Å². The van der Waals surface area contributed by atoms with Gasteiger partial charge in [-0.3, -0.25) is 4.79 Å². The van der Waals surface area contributed by atoms with Crippen molar-refractivity contribution in [2.24, 2.45) is 0 Å². The number of hydrogen-bond acceptors (Lipinski definition) is 4. The zero-order valence-corrected chi connectivity index (χ0v) is 16.4. The Balaban J connectivity index is 1.41. The molecule has 1 saturated heterocycles. The van der Waals surface area contributed by atoms with Crippen LogP contribution in [0.4, 0.5) is 17.1 Å². The molecule has 0 aliphatic carbocycles. The minimum atomic E-state index is 0.0285. The van der Waals surface area contributed by atoms with Gasteiger partial charge < -0.3 is 20.4 Å². The number of likely N-dealkylation sites (N-methyl/N-ethyl adjacent to an activating group) is 1. The summed E-state index contributed by atoms with van der Waals surface area (Å²) < 4.78 is 0. The minimum absolute atomic E-state index is 0.0285. The van der Waals surface area contributed by atoms with Gasteiger partial charge in [-0.05, 0) is 55.4 Å². The van der Waals surface area contributed by atoms with Gasteiger partial charge in [0.1, 0.15) is 0 Å². The van der Waals surface area contributed by atoms with Crippen LogP contribution in [0.3, 0.4) is 0 Å². The summed E-state index contributed by atoms with van der Waals surface area (Å²) in [6.07, 6.45) is 1.45. The van der Waals surface area contributed by atoms with E-state index in [2.05, 4.69) is 70.8 Å². The predicted octanol–water partition coefficient (Wildman–Crippen LogP) is 3.44. The summed E-state index contributed by atoms with van der Waals surface area (Å²) >= 11 is 0. The number of nitrogens with zero attached hydrogens (tertiary/aromatic N) is 2. The Bertz CT molecular complexity index is 719. The number of piperazine rings is 1. The van der Waals surface area contributed by atoms with Gasteiger partial charge in [-0.15, -0.1) is 0 Å². The summed E-state index contributed by atoms with van der Waals surface area (Å²) in [7, 11) is 2.17. The number of aryl methyl sites for hydroxylation is 1. The Kier molecular flexibility index (Phi) is 6.71. The molecule has 0 radical (unpaired) electrons. The summed E-state index contributed by atoms with van der Waals surface area (Å²) in [4.78, 5) is 16.9. The van der Waals surface area contributed by atoms with Crippen LogP contribution in [-0.2, 0) is 11.2 Å². The Morgan fingerprint density at radius 3 is 2.19 bits per heavy atom. The number of amides is 1. The molecule has 0 unspecified atom stereocenters. The molecular formula is C22H30N4O. The second-order valence-corrected chi connectivity index (χ2v) is 7.11. The molecule has 0 spiro atoms. The third kappa shape index (κ3) is 5.73. The lowest BCUT2D eigenvalue weighted by Gasteiger charge is -2.34. The first-order valence-electron chi connectivity index (χ1n) is 9.80. The topological polar surface area (TPSA) is 47.6 Å². The van der Waals surface area contributed by atoms with Crippen molar-refractivity contribution in [2.75, 3.05) is 55.3 Å². The van der Waals surface area contributed by atoms with Gasteiger partial charge in [0, 0.05) is 56.2 Å². The molecule has 2 aromatic rings. The maximum absolute atomic E-state index is 12.1. The molecule has 1 heterocycles. The molecule has 1 aliphatic heterocycles. The highest BCUT2D eigenvalue weighted by molar-refractivity contribution is 5.91. The van der Waals surface area contributed by atoms with Crippen molar-refractivity contribution >= 4 is 23.0 Å². The van der Waals surface area contributed by atoms with Crippen LogP contribution in [0.1, 0.15) is 18.9 Å². The van der Waals surface area contributed by atoms with Crippen LogP contribution in [0.2, 0.25) is 0 Å². The van der Waals surface area contributed by atoms with E-state index in [1.807, 2.05) is 12.1 Å². The average Bonchev–Trinajstić information content (AvgIpc) is 2.70. The number of carbonyl (C=O) groups is 1. The summed E-state index contributed by atoms with van der Waals surface area (Å²) in [5, 5.41) is 6.27. The fourth-order valence-electron chi connectivity index (χ4n) is 3.22. The Hall–Kier alpha value is -2.53. The van der Waals surface area contributed by atoms with Crippen molar-refractivity contribution in [3.05, 3.63) is 54.1 Å². The summed E-state index contributed by atoms with van der Waals surface area (Å²) in [5.74, 6) is 0.0285. The molecule has 1 amide bonds. The van der Waals surface area contributed by atoms with E-state index in [1.165, 1.54) is 11.3 Å². The van der Waals surface area contributed by atoms with Crippen LogP contribution in [-0.4, -0.2) is 50.6 Å². The van der Waals surface area contributed by atoms with Gasteiger partial charge >= 0.3 is 0 Å². The van der Waals surface area contributed by atoms with Crippen LogP contribution < -0.4 is 15.5 Å². The van der Waals surface area contributed by atoms with Crippen molar-refractivity contribution in [3.63, 3.8) is 0 Å². The largest absolute Gasteiger partial charge is 0.385 e. The minimum Gasteiger partial charge on any atom is -0.385 e. The van der Waals surface area contributed by atoms with E-state index in [-0.39, 0.29) is 5.91 Å². The van der Waals surface area contributed by atoms with Crippen LogP contribution in [0.25, 0.3) is 0 Å². The predicted molar refractivity (Wildman–Crippen MR) is 114 cm³/mol. The number of nitrogens with one attached hydrogen (secondary N) is 2. The Morgan fingerprint density at radius 2 is 1.56 bits per heavy atom. The van der Waals surface area contributed by atoms with Gasteiger partial charge in [0.2, 0.25) is 5.91 Å². The maximum Gasteiger partial charge on any atom is 0.226 e. The number of carbonyl (C=O) groups excluding carboxylic acids is 1. The zero-order chi connectivity index (χ0) is 19.1. The molecule has 5 nitrogen and oxygen atoms in total. The van der Waals surface area contributed by atoms with Crippen molar-refractivity contribution in [1.82, 2.24) is 4.90 Å². The van der Waals surface area contributed by atoms with Crippen LogP contribution in [0.15, 0.2) is 48.5 Å². The lowest BCUT2D eigenvalue weighted by molar-refractivity contribution is -0.115. The van der Waals surface area contributed by atoms with E-state index in [0.717, 1.165) is 44.0 Å². The molecule has 1 aliphatic rings. The monoisotopic (exact) mass is 366 g/mol. The molecule has 2 aromatic carbocycles. The molecule has 0 aromatic heterocycles. The Morgan fingerprint density at radius 1 is 0.926 bits per heavy atom. The molecule has 0 atom stereocenters. The number of benzene rings is 2. The number of anilines is 3. The van der Waals surface area contributed by atoms with Gasteiger partial charge in [0.15, 0.2) is 0 Å². The second kappa shape index (κ2) is 9.42. The number of rotatable bonds is 7. The molecule has 0 saturated carbocycles. The van der Waals surface area contributed by atoms with E-state index in [1.54, 1.807) is 0 Å². The SMILES string of the molecule is CCc1ccc(NC(=O)CCNc2ccc(N3CCN(C)CC3)cc2)cc1. The van der Waals surface area contributed by atoms with Crippen molar-refractivity contribution in [2.45, 2.75) is 19.8 Å². The van der Waals surface area contributed by atoms with E-state index < -0.39 is 0 Å².